The van der Waals surface area contributed by atoms with E-state index in [1.165, 1.54) is 8.61 Å². The van der Waals surface area contributed by atoms with Crippen LogP contribution < -0.4 is 0 Å². The monoisotopic (exact) mass is 351 g/mol. The van der Waals surface area contributed by atoms with Gasteiger partial charge in [0.1, 0.15) is 5.76 Å². The zero-order valence-electron chi connectivity index (χ0n) is 14.2. The molecule has 9 heteroatoms. The first-order valence-electron chi connectivity index (χ1n) is 7.78. The van der Waals surface area contributed by atoms with Crippen LogP contribution in [0.25, 0.3) is 11.4 Å². The van der Waals surface area contributed by atoms with Gasteiger partial charge in [-0.2, -0.15) is 17.0 Å². The fourth-order valence-corrected chi connectivity index (χ4v) is 4.32. The van der Waals surface area contributed by atoms with Crippen LogP contribution in [0.2, 0.25) is 0 Å². The first-order valence-corrected chi connectivity index (χ1v) is 9.17. The second-order valence-corrected chi connectivity index (χ2v) is 8.16. The normalized spacial score (nSPS) is 19.3. The summed E-state index contributed by atoms with van der Waals surface area (Å²) in [5.74, 6) is 1.16. The van der Waals surface area contributed by atoms with Crippen LogP contribution in [0.5, 0.6) is 0 Å². The second-order valence-electron chi connectivity index (χ2n) is 6.06. The average Bonchev–Trinajstić information content (AvgIpc) is 3.15. The first kappa shape index (κ1) is 17.0. The zero-order chi connectivity index (χ0) is 17.5. The van der Waals surface area contributed by atoms with Gasteiger partial charge in [-0.3, -0.25) is 0 Å². The van der Waals surface area contributed by atoms with Gasteiger partial charge >= 0.3 is 0 Å². The molecule has 3 rings (SSSR count). The largest absolute Gasteiger partial charge is 0.361 e. The maximum absolute atomic E-state index is 12.5. The van der Waals surface area contributed by atoms with E-state index in [0.717, 1.165) is 18.4 Å². The third-order valence-corrected chi connectivity index (χ3v) is 6.19. The lowest BCUT2D eigenvalue weighted by Gasteiger charge is -2.26. The average molecular weight is 351 g/mol. The highest BCUT2D eigenvalue weighted by atomic mass is 32.2. The summed E-state index contributed by atoms with van der Waals surface area (Å²) < 4.78 is 33.0. The quantitative estimate of drug-likeness (QED) is 0.832. The molecule has 0 N–H and O–H groups in total. The van der Waals surface area contributed by atoms with E-state index in [1.54, 1.807) is 26.4 Å². The molecule has 2 aromatic rings. The van der Waals surface area contributed by atoms with Gasteiger partial charge < -0.3 is 4.52 Å². The van der Waals surface area contributed by atoms with Gasteiger partial charge in [0.15, 0.2) is 5.82 Å². The molecule has 2 aromatic heterocycles. The number of nitrogens with zero attached hydrogens (tertiary/aromatic N) is 5. The summed E-state index contributed by atoms with van der Waals surface area (Å²) in [5, 5.41) is 3.93. The molecule has 1 fully saturated rings. The molecule has 0 spiro atoms. The Kier molecular flexibility index (Phi) is 4.41. The van der Waals surface area contributed by atoms with Gasteiger partial charge in [-0.25, -0.2) is 9.97 Å². The second kappa shape index (κ2) is 6.23. The molecule has 0 saturated carbocycles. The molecule has 0 aromatic carbocycles. The number of aryl methyl sites for hydroxylation is 2. The van der Waals surface area contributed by atoms with Crippen LogP contribution in [0.15, 0.2) is 16.8 Å². The van der Waals surface area contributed by atoms with Gasteiger partial charge in [0.2, 0.25) is 0 Å². The molecular formula is C15H21N5O3S. The van der Waals surface area contributed by atoms with E-state index in [2.05, 4.69) is 15.1 Å². The standard InChI is InChI=1S/C15H21N5O3S/c1-10-14(11(2)23-18-10)15-16-8-7-12(17-15)13-6-5-9-20(13)24(21,22)19(3)4/h7-8,13H,5-6,9H2,1-4H3/t13-/m1/s1. The fourth-order valence-electron chi connectivity index (χ4n) is 3.00. The molecule has 0 aliphatic carbocycles. The minimum absolute atomic E-state index is 0.278. The summed E-state index contributed by atoms with van der Waals surface area (Å²) in [5.41, 5.74) is 2.17. The third kappa shape index (κ3) is 2.83. The van der Waals surface area contributed by atoms with Crippen molar-refractivity contribution >= 4 is 10.2 Å². The highest BCUT2D eigenvalue weighted by Crippen LogP contribution is 2.34. The summed E-state index contributed by atoms with van der Waals surface area (Å²) in [6.07, 6.45) is 3.20. The van der Waals surface area contributed by atoms with Crippen LogP contribution in [0, 0.1) is 13.8 Å². The van der Waals surface area contributed by atoms with E-state index in [9.17, 15) is 8.42 Å². The summed E-state index contributed by atoms with van der Waals surface area (Å²) in [4.78, 5) is 8.91. The van der Waals surface area contributed by atoms with E-state index in [1.807, 2.05) is 13.8 Å². The van der Waals surface area contributed by atoms with Crippen molar-refractivity contribution in [2.24, 2.45) is 0 Å². The van der Waals surface area contributed by atoms with Crippen LogP contribution in [-0.4, -0.2) is 52.8 Å². The van der Waals surface area contributed by atoms with Gasteiger partial charge in [-0.05, 0) is 32.8 Å². The highest BCUT2D eigenvalue weighted by molar-refractivity contribution is 7.86. The highest BCUT2D eigenvalue weighted by Gasteiger charge is 2.37. The molecular weight excluding hydrogens is 330 g/mol. The number of rotatable bonds is 4. The molecule has 1 aliphatic heterocycles. The molecule has 1 atom stereocenters. The Morgan fingerprint density at radius 1 is 1.33 bits per heavy atom. The molecule has 0 amide bonds. The predicted octanol–water partition coefficient (Wildman–Crippen LogP) is 1.69. The number of aromatic nitrogens is 3. The Labute approximate surface area is 141 Å². The fraction of sp³-hybridized carbons (Fsp3) is 0.533. The lowest BCUT2D eigenvalue weighted by atomic mass is 10.1. The van der Waals surface area contributed by atoms with E-state index in [-0.39, 0.29) is 6.04 Å². The molecule has 3 heterocycles. The van der Waals surface area contributed by atoms with Crippen molar-refractivity contribution in [2.75, 3.05) is 20.6 Å². The first-order chi connectivity index (χ1) is 11.3. The van der Waals surface area contributed by atoms with E-state index in [0.29, 0.717) is 29.5 Å². The van der Waals surface area contributed by atoms with Crippen molar-refractivity contribution in [2.45, 2.75) is 32.7 Å². The number of hydrogen-bond donors (Lipinski definition) is 0. The molecule has 1 saturated heterocycles. The molecule has 1 aliphatic rings. The van der Waals surface area contributed by atoms with Gasteiger partial charge in [-0.15, -0.1) is 0 Å². The maximum Gasteiger partial charge on any atom is 0.282 e. The Balaban J connectivity index is 2.00. The van der Waals surface area contributed by atoms with Crippen LogP contribution in [0.3, 0.4) is 0 Å². The SMILES string of the molecule is Cc1noc(C)c1-c1nccc([C@H]2CCCN2S(=O)(=O)N(C)C)n1. The van der Waals surface area contributed by atoms with Gasteiger partial charge in [0.25, 0.3) is 10.2 Å². The minimum atomic E-state index is -3.48. The maximum atomic E-state index is 12.5. The lowest BCUT2D eigenvalue weighted by Crippen LogP contribution is -2.39. The van der Waals surface area contributed by atoms with Crippen molar-refractivity contribution in [3.05, 3.63) is 29.4 Å². The summed E-state index contributed by atoms with van der Waals surface area (Å²) in [6.45, 7) is 4.14. The Morgan fingerprint density at radius 3 is 2.71 bits per heavy atom. The van der Waals surface area contributed by atoms with Crippen LogP contribution >= 0.6 is 0 Å². The van der Waals surface area contributed by atoms with Crippen molar-refractivity contribution < 1.29 is 12.9 Å². The van der Waals surface area contributed by atoms with E-state index < -0.39 is 10.2 Å². The van der Waals surface area contributed by atoms with Crippen LogP contribution in [-0.2, 0) is 10.2 Å². The van der Waals surface area contributed by atoms with Crippen molar-refractivity contribution in [1.29, 1.82) is 0 Å². The molecule has 24 heavy (non-hydrogen) atoms. The van der Waals surface area contributed by atoms with Crippen molar-refractivity contribution in [3.63, 3.8) is 0 Å². The summed E-state index contributed by atoms with van der Waals surface area (Å²) >= 11 is 0. The smallest absolute Gasteiger partial charge is 0.282 e. The molecule has 0 radical (unpaired) electrons. The molecule has 0 bridgehead atoms. The van der Waals surface area contributed by atoms with Gasteiger partial charge in [-0.1, -0.05) is 5.16 Å². The lowest BCUT2D eigenvalue weighted by molar-refractivity contribution is 0.358. The summed E-state index contributed by atoms with van der Waals surface area (Å²) in [6, 6.07) is 1.50. The predicted molar refractivity (Wildman–Crippen MR) is 88.3 cm³/mol. The van der Waals surface area contributed by atoms with Crippen molar-refractivity contribution in [1.82, 2.24) is 23.7 Å². The Hall–Kier alpha value is -1.84. The summed E-state index contributed by atoms with van der Waals surface area (Å²) in [7, 11) is -0.398. The topological polar surface area (TPSA) is 92.4 Å². The third-order valence-electron chi connectivity index (χ3n) is 4.24. The van der Waals surface area contributed by atoms with Gasteiger partial charge in [0.05, 0.1) is 23.0 Å². The van der Waals surface area contributed by atoms with Gasteiger partial charge in [0, 0.05) is 26.8 Å². The van der Waals surface area contributed by atoms with Crippen LogP contribution in [0.1, 0.15) is 36.0 Å². The minimum Gasteiger partial charge on any atom is -0.361 e. The molecule has 130 valence electrons. The molecule has 8 nitrogen and oxygen atoms in total. The zero-order valence-corrected chi connectivity index (χ0v) is 15.0. The Bertz CT molecular complexity index is 827. The molecule has 0 unspecified atom stereocenters. The number of hydrogen-bond acceptors (Lipinski definition) is 6. The Morgan fingerprint density at radius 2 is 2.08 bits per heavy atom. The van der Waals surface area contributed by atoms with E-state index in [4.69, 9.17) is 4.52 Å². The van der Waals surface area contributed by atoms with Crippen LogP contribution in [0.4, 0.5) is 0 Å². The van der Waals surface area contributed by atoms with E-state index >= 15 is 0 Å². The van der Waals surface area contributed by atoms with Crippen molar-refractivity contribution in [3.8, 4) is 11.4 Å².